The molecule has 0 aromatic heterocycles. The summed E-state index contributed by atoms with van der Waals surface area (Å²) in [6.45, 7) is 0.0258. The number of rotatable bonds is 4. The van der Waals surface area contributed by atoms with Crippen molar-refractivity contribution in [3.63, 3.8) is 0 Å². The van der Waals surface area contributed by atoms with Crippen LogP contribution >= 0.6 is 0 Å². The Morgan fingerprint density at radius 2 is 2.36 bits per heavy atom. The first kappa shape index (κ1) is 10.5. The standard InChI is InChI=1S/C10H12NO3/c1-13-7-10(12)11-8-5-3-4-6-9(8)14-2/h4-6H,7H2,1-2H3,(H,11,12). The maximum atomic E-state index is 11.2. The number of ether oxygens (including phenoxy) is 2. The molecule has 1 amide bonds. The van der Waals surface area contributed by atoms with Crippen LogP contribution in [-0.4, -0.2) is 26.7 Å². The minimum Gasteiger partial charge on any atom is -0.495 e. The van der Waals surface area contributed by atoms with Gasteiger partial charge >= 0.3 is 0 Å². The van der Waals surface area contributed by atoms with Crippen LogP contribution < -0.4 is 10.1 Å². The summed E-state index contributed by atoms with van der Waals surface area (Å²) >= 11 is 0. The number of hydrogen-bond donors (Lipinski definition) is 1. The number of hydrogen-bond acceptors (Lipinski definition) is 3. The lowest BCUT2D eigenvalue weighted by Crippen LogP contribution is -2.17. The molecule has 1 rings (SSSR count). The first-order valence-electron chi connectivity index (χ1n) is 4.11. The first-order chi connectivity index (χ1) is 6.77. The summed E-state index contributed by atoms with van der Waals surface area (Å²) in [5.74, 6) is 0.388. The summed E-state index contributed by atoms with van der Waals surface area (Å²) < 4.78 is 9.74. The Hall–Kier alpha value is -1.55. The molecule has 1 aromatic carbocycles. The molecule has 0 fully saturated rings. The van der Waals surface area contributed by atoms with Crippen molar-refractivity contribution < 1.29 is 14.3 Å². The lowest BCUT2D eigenvalue weighted by molar-refractivity contribution is -0.119. The highest BCUT2D eigenvalue weighted by Crippen LogP contribution is 2.22. The van der Waals surface area contributed by atoms with Crippen LogP contribution in [-0.2, 0) is 9.53 Å². The van der Waals surface area contributed by atoms with Crippen LogP contribution in [0.4, 0.5) is 5.69 Å². The van der Waals surface area contributed by atoms with Gasteiger partial charge in [-0.05, 0) is 18.2 Å². The Balaban J connectivity index is 2.70. The highest BCUT2D eigenvalue weighted by atomic mass is 16.5. The van der Waals surface area contributed by atoms with Crippen molar-refractivity contribution in [2.75, 3.05) is 26.1 Å². The Bertz CT molecular complexity index is 312. The molecule has 0 aliphatic carbocycles. The normalized spacial score (nSPS) is 9.57. The number of amides is 1. The van der Waals surface area contributed by atoms with Crippen molar-refractivity contribution in [3.05, 3.63) is 24.3 Å². The van der Waals surface area contributed by atoms with Gasteiger partial charge in [-0.1, -0.05) is 6.07 Å². The van der Waals surface area contributed by atoms with Gasteiger partial charge < -0.3 is 14.8 Å². The van der Waals surface area contributed by atoms with Gasteiger partial charge in [-0.3, -0.25) is 4.79 Å². The fourth-order valence-electron chi connectivity index (χ4n) is 1.01. The van der Waals surface area contributed by atoms with Gasteiger partial charge in [-0.25, -0.2) is 0 Å². The molecular formula is C10H12NO3. The lowest BCUT2D eigenvalue weighted by Gasteiger charge is -2.08. The molecule has 0 heterocycles. The van der Waals surface area contributed by atoms with Crippen molar-refractivity contribution in [1.29, 1.82) is 0 Å². The molecule has 0 unspecified atom stereocenters. The molecule has 0 aliphatic rings. The van der Waals surface area contributed by atoms with Crippen molar-refractivity contribution in [3.8, 4) is 5.75 Å². The Morgan fingerprint density at radius 1 is 1.57 bits per heavy atom. The summed E-state index contributed by atoms with van der Waals surface area (Å²) in [4.78, 5) is 11.2. The SMILES string of the molecule is COCC(=O)Nc1c[c]ccc1OC. The van der Waals surface area contributed by atoms with Crippen molar-refractivity contribution in [2.24, 2.45) is 0 Å². The zero-order valence-corrected chi connectivity index (χ0v) is 8.16. The van der Waals surface area contributed by atoms with Crippen LogP contribution in [0.1, 0.15) is 0 Å². The lowest BCUT2D eigenvalue weighted by atomic mass is 10.3. The van der Waals surface area contributed by atoms with Crippen molar-refractivity contribution in [1.82, 2.24) is 0 Å². The van der Waals surface area contributed by atoms with E-state index in [0.29, 0.717) is 11.4 Å². The van der Waals surface area contributed by atoms with Crippen molar-refractivity contribution in [2.45, 2.75) is 0 Å². The van der Waals surface area contributed by atoms with E-state index in [0.717, 1.165) is 0 Å². The minimum atomic E-state index is -0.217. The third-order valence-corrected chi connectivity index (χ3v) is 1.59. The molecule has 0 saturated heterocycles. The molecule has 14 heavy (non-hydrogen) atoms. The second-order valence-electron chi connectivity index (χ2n) is 2.61. The monoisotopic (exact) mass is 194 g/mol. The second-order valence-corrected chi connectivity index (χ2v) is 2.61. The van der Waals surface area contributed by atoms with E-state index in [1.54, 1.807) is 25.3 Å². The topological polar surface area (TPSA) is 47.6 Å². The summed E-state index contributed by atoms with van der Waals surface area (Å²) in [5.41, 5.74) is 0.594. The van der Waals surface area contributed by atoms with Gasteiger partial charge in [0.15, 0.2) is 0 Å². The molecular weight excluding hydrogens is 182 g/mol. The smallest absolute Gasteiger partial charge is 0.250 e. The highest BCUT2D eigenvalue weighted by molar-refractivity contribution is 5.93. The Kier molecular flexibility index (Phi) is 3.94. The highest BCUT2D eigenvalue weighted by Gasteiger charge is 2.05. The molecule has 0 spiro atoms. The minimum absolute atomic E-state index is 0.0258. The Morgan fingerprint density at radius 3 is 3.00 bits per heavy atom. The van der Waals surface area contributed by atoms with E-state index in [1.165, 1.54) is 7.11 Å². The summed E-state index contributed by atoms with van der Waals surface area (Å²) in [5, 5.41) is 2.64. The number of carbonyl (C=O) groups excluding carboxylic acids is 1. The van der Waals surface area contributed by atoms with Gasteiger partial charge in [0.05, 0.1) is 12.8 Å². The van der Waals surface area contributed by atoms with Gasteiger partial charge in [-0.2, -0.15) is 0 Å². The van der Waals surface area contributed by atoms with Crippen LogP contribution in [0.2, 0.25) is 0 Å². The molecule has 1 aromatic rings. The van der Waals surface area contributed by atoms with E-state index in [1.807, 2.05) is 0 Å². The zero-order valence-electron chi connectivity index (χ0n) is 8.16. The molecule has 1 radical (unpaired) electrons. The molecule has 4 heteroatoms. The average molecular weight is 194 g/mol. The summed E-state index contributed by atoms with van der Waals surface area (Å²) in [6.07, 6.45) is 0. The second kappa shape index (κ2) is 5.24. The Labute approximate surface area is 82.8 Å². The van der Waals surface area contributed by atoms with Gasteiger partial charge in [0.1, 0.15) is 12.4 Å². The summed E-state index contributed by atoms with van der Waals surface area (Å²) in [7, 11) is 3.01. The number of carbonyl (C=O) groups is 1. The van der Waals surface area contributed by atoms with E-state index in [9.17, 15) is 4.79 Å². The average Bonchev–Trinajstić information content (AvgIpc) is 2.19. The molecule has 4 nitrogen and oxygen atoms in total. The van der Waals surface area contributed by atoms with Crippen LogP contribution in [0.5, 0.6) is 5.75 Å². The molecule has 75 valence electrons. The molecule has 0 aliphatic heterocycles. The van der Waals surface area contributed by atoms with E-state index >= 15 is 0 Å². The van der Waals surface area contributed by atoms with Crippen LogP contribution in [0.25, 0.3) is 0 Å². The molecule has 0 atom stereocenters. The van der Waals surface area contributed by atoms with Crippen LogP contribution in [0.3, 0.4) is 0 Å². The predicted octanol–water partition coefficient (Wildman–Crippen LogP) is 1.08. The maximum Gasteiger partial charge on any atom is 0.250 e. The van der Waals surface area contributed by atoms with Gasteiger partial charge in [-0.15, -0.1) is 0 Å². The van der Waals surface area contributed by atoms with Crippen molar-refractivity contribution >= 4 is 11.6 Å². The van der Waals surface area contributed by atoms with E-state index in [4.69, 9.17) is 4.74 Å². The van der Waals surface area contributed by atoms with E-state index < -0.39 is 0 Å². The summed E-state index contributed by atoms with van der Waals surface area (Å²) in [6, 6.07) is 7.93. The quantitative estimate of drug-likeness (QED) is 0.780. The van der Waals surface area contributed by atoms with Gasteiger partial charge in [0.2, 0.25) is 5.91 Å². The fourth-order valence-corrected chi connectivity index (χ4v) is 1.01. The number of nitrogens with one attached hydrogen (secondary N) is 1. The van der Waals surface area contributed by atoms with E-state index in [-0.39, 0.29) is 12.5 Å². The zero-order chi connectivity index (χ0) is 10.4. The third kappa shape index (κ3) is 2.74. The van der Waals surface area contributed by atoms with Crippen LogP contribution in [0, 0.1) is 6.07 Å². The van der Waals surface area contributed by atoms with E-state index in [2.05, 4.69) is 16.1 Å². The van der Waals surface area contributed by atoms with Gasteiger partial charge in [0, 0.05) is 7.11 Å². The van der Waals surface area contributed by atoms with Gasteiger partial charge in [0.25, 0.3) is 0 Å². The fraction of sp³-hybridized carbons (Fsp3) is 0.300. The predicted molar refractivity (Wildman–Crippen MR) is 52.3 cm³/mol. The third-order valence-electron chi connectivity index (χ3n) is 1.59. The molecule has 1 N–H and O–H groups in total. The maximum absolute atomic E-state index is 11.2. The number of methoxy groups -OCH3 is 2. The molecule has 0 bridgehead atoms. The molecule has 0 saturated carbocycles. The number of benzene rings is 1. The first-order valence-corrected chi connectivity index (χ1v) is 4.11. The number of anilines is 1. The largest absolute Gasteiger partial charge is 0.495 e. The van der Waals surface area contributed by atoms with Crippen LogP contribution in [0.15, 0.2) is 18.2 Å².